The maximum atomic E-state index is 12.6. The van der Waals surface area contributed by atoms with E-state index in [4.69, 9.17) is 27.9 Å². The quantitative estimate of drug-likeness (QED) is 0.632. The predicted molar refractivity (Wildman–Crippen MR) is 113 cm³/mol. The SMILES string of the molecule is CC(OC(=O)[C@@H](NC(=O)c1ccc(Cl)cc1Cl)C(C)C)C(=O)Nc1ccccc1. The van der Waals surface area contributed by atoms with Gasteiger partial charge in [0, 0.05) is 10.7 Å². The van der Waals surface area contributed by atoms with Crippen molar-refractivity contribution in [3.05, 3.63) is 64.1 Å². The topological polar surface area (TPSA) is 84.5 Å². The van der Waals surface area contributed by atoms with E-state index in [9.17, 15) is 14.4 Å². The van der Waals surface area contributed by atoms with Gasteiger partial charge >= 0.3 is 5.97 Å². The summed E-state index contributed by atoms with van der Waals surface area (Å²) in [5.74, 6) is -2.00. The number of anilines is 1. The Balaban J connectivity index is 2.03. The lowest BCUT2D eigenvalue weighted by atomic mass is 10.0. The van der Waals surface area contributed by atoms with E-state index in [-0.39, 0.29) is 16.5 Å². The molecule has 154 valence electrons. The van der Waals surface area contributed by atoms with Gasteiger partial charge in [0.1, 0.15) is 6.04 Å². The first kappa shape index (κ1) is 22.7. The zero-order valence-corrected chi connectivity index (χ0v) is 17.8. The van der Waals surface area contributed by atoms with Crippen LogP contribution in [0, 0.1) is 5.92 Å². The fourth-order valence-electron chi connectivity index (χ4n) is 2.46. The summed E-state index contributed by atoms with van der Waals surface area (Å²) >= 11 is 11.9. The van der Waals surface area contributed by atoms with Crippen LogP contribution in [0.3, 0.4) is 0 Å². The number of ether oxygens (including phenoxy) is 1. The molecule has 0 aliphatic carbocycles. The molecule has 2 amide bonds. The van der Waals surface area contributed by atoms with Gasteiger partial charge in [0.2, 0.25) is 0 Å². The van der Waals surface area contributed by atoms with Crippen LogP contribution in [0.15, 0.2) is 48.5 Å². The number of rotatable bonds is 7. The van der Waals surface area contributed by atoms with E-state index >= 15 is 0 Å². The first-order valence-electron chi connectivity index (χ1n) is 9.01. The Labute approximate surface area is 179 Å². The third-order valence-corrected chi connectivity index (χ3v) is 4.63. The highest BCUT2D eigenvalue weighted by atomic mass is 35.5. The molecular weight excluding hydrogens is 415 g/mol. The van der Waals surface area contributed by atoms with Crippen LogP contribution in [0.1, 0.15) is 31.1 Å². The van der Waals surface area contributed by atoms with Crippen molar-refractivity contribution in [2.24, 2.45) is 5.92 Å². The third-order valence-electron chi connectivity index (χ3n) is 4.09. The highest BCUT2D eigenvalue weighted by molar-refractivity contribution is 6.36. The molecule has 2 aromatic carbocycles. The zero-order chi connectivity index (χ0) is 21.6. The molecule has 0 aliphatic heterocycles. The third kappa shape index (κ3) is 6.48. The van der Waals surface area contributed by atoms with E-state index in [1.165, 1.54) is 25.1 Å². The number of halogens is 2. The Morgan fingerprint density at radius 2 is 1.62 bits per heavy atom. The van der Waals surface area contributed by atoms with Gasteiger partial charge in [-0.3, -0.25) is 9.59 Å². The minimum atomic E-state index is -1.04. The van der Waals surface area contributed by atoms with Gasteiger partial charge in [0.15, 0.2) is 6.10 Å². The van der Waals surface area contributed by atoms with Gasteiger partial charge in [0.25, 0.3) is 11.8 Å². The fourth-order valence-corrected chi connectivity index (χ4v) is 2.95. The van der Waals surface area contributed by atoms with Crippen molar-refractivity contribution in [1.29, 1.82) is 0 Å². The molecule has 0 radical (unpaired) electrons. The average molecular weight is 437 g/mol. The lowest BCUT2D eigenvalue weighted by Crippen LogP contribution is -2.47. The van der Waals surface area contributed by atoms with Crippen molar-refractivity contribution >= 4 is 46.7 Å². The summed E-state index contributed by atoms with van der Waals surface area (Å²) in [5, 5.41) is 5.84. The molecule has 2 aromatic rings. The summed E-state index contributed by atoms with van der Waals surface area (Å²) in [5.41, 5.74) is 0.774. The first-order chi connectivity index (χ1) is 13.7. The van der Waals surface area contributed by atoms with Crippen LogP contribution in [0.4, 0.5) is 5.69 Å². The van der Waals surface area contributed by atoms with Gasteiger partial charge in [-0.05, 0) is 43.2 Å². The van der Waals surface area contributed by atoms with E-state index in [1.54, 1.807) is 38.1 Å². The van der Waals surface area contributed by atoms with Crippen molar-refractivity contribution < 1.29 is 19.1 Å². The predicted octanol–water partition coefficient (Wildman–Crippen LogP) is 4.32. The van der Waals surface area contributed by atoms with Crippen LogP contribution < -0.4 is 10.6 Å². The summed E-state index contributed by atoms with van der Waals surface area (Å²) in [4.78, 5) is 37.4. The average Bonchev–Trinajstić information content (AvgIpc) is 2.66. The molecule has 0 saturated carbocycles. The number of amides is 2. The second kappa shape index (κ2) is 10.3. The van der Waals surface area contributed by atoms with Crippen LogP contribution in [0.2, 0.25) is 10.0 Å². The minimum absolute atomic E-state index is 0.168. The highest BCUT2D eigenvalue weighted by Gasteiger charge is 2.29. The number of esters is 1. The maximum absolute atomic E-state index is 12.6. The molecule has 0 bridgehead atoms. The van der Waals surface area contributed by atoms with Crippen molar-refractivity contribution in [3.8, 4) is 0 Å². The van der Waals surface area contributed by atoms with Crippen LogP contribution in [0.25, 0.3) is 0 Å². The van der Waals surface area contributed by atoms with Gasteiger partial charge in [-0.1, -0.05) is 55.2 Å². The van der Waals surface area contributed by atoms with Crippen molar-refractivity contribution in [2.75, 3.05) is 5.32 Å². The summed E-state index contributed by atoms with van der Waals surface area (Å²) in [6.07, 6.45) is -1.04. The second-order valence-corrected chi connectivity index (χ2v) is 7.60. The van der Waals surface area contributed by atoms with Gasteiger partial charge < -0.3 is 15.4 Å². The Kier molecular flexibility index (Phi) is 8.05. The molecule has 1 unspecified atom stereocenters. The van der Waals surface area contributed by atoms with E-state index in [2.05, 4.69) is 10.6 Å². The molecule has 8 heteroatoms. The van der Waals surface area contributed by atoms with E-state index in [1.807, 2.05) is 6.07 Å². The van der Waals surface area contributed by atoms with Crippen LogP contribution in [-0.2, 0) is 14.3 Å². The molecule has 0 heterocycles. The number of nitrogens with one attached hydrogen (secondary N) is 2. The Morgan fingerprint density at radius 1 is 0.966 bits per heavy atom. The lowest BCUT2D eigenvalue weighted by molar-refractivity contribution is -0.156. The van der Waals surface area contributed by atoms with Crippen molar-refractivity contribution in [1.82, 2.24) is 5.32 Å². The van der Waals surface area contributed by atoms with Crippen LogP contribution >= 0.6 is 23.2 Å². The van der Waals surface area contributed by atoms with Gasteiger partial charge in [0.05, 0.1) is 10.6 Å². The molecule has 0 fully saturated rings. The van der Waals surface area contributed by atoms with Gasteiger partial charge in [-0.15, -0.1) is 0 Å². The molecule has 0 saturated heterocycles. The number of hydrogen-bond acceptors (Lipinski definition) is 4. The summed E-state index contributed by atoms with van der Waals surface area (Å²) in [6.45, 7) is 4.97. The summed E-state index contributed by atoms with van der Waals surface area (Å²) in [7, 11) is 0. The molecule has 2 N–H and O–H groups in total. The Bertz CT molecular complexity index is 888. The Morgan fingerprint density at radius 3 is 2.21 bits per heavy atom. The smallest absolute Gasteiger partial charge is 0.329 e. The lowest BCUT2D eigenvalue weighted by Gasteiger charge is -2.23. The number of para-hydroxylation sites is 1. The Hall–Kier alpha value is -2.57. The summed E-state index contributed by atoms with van der Waals surface area (Å²) in [6, 6.07) is 12.3. The molecular formula is C21H22Cl2N2O4. The molecule has 2 atom stereocenters. The normalized spacial score (nSPS) is 12.8. The van der Waals surface area contributed by atoms with E-state index in [0.717, 1.165) is 0 Å². The maximum Gasteiger partial charge on any atom is 0.329 e. The number of hydrogen-bond donors (Lipinski definition) is 2. The summed E-state index contributed by atoms with van der Waals surface area (Å²) < 4.78 is 5.27. The van der Waals surface area contributed by atoms with Crippen LogP contribution in [0.5, 0.6) is 0 Å². The highest BCUT2D eigenvalue weighted by Crippen LogP contribution is 2.21. The largest absolute Gasteiger partial charge is 0.451 e. The number of carbonyl (C=O) groups excluding carboxylic acids is 3. The standard InChI is InChI=1S/C21H22Cl2N2O4/c1-12(2)18(25-20(27)16-10-9-14(22)11-17(16)23)21(28)29-13(3)19(26)24-15-7-5-4-6-8-15/h4-13,18H,1-3H3,(H,24,26)(H,25,27)/t13?,18-/m0/s1. The molecule has 0 aromatic heterocycles. The molecule has 29 heavy (non-hydrogen) atoms. The monoisotopic (exact) mass is 436 g/mol. The van der Waals surface area contributed by atoms with Crippen molar-refractivity contribution in [2.45, 2.75) is 32.9 Å². The van der Waals surface area contributed by atoms with Crippen LogP contribution in [-0.4, -0.2) is 29.9 Å². The molecule has 6 nitrogen and oxygen atoms in total. The number of benzene rings is 2. The zero-order valence-electron chi connectivity index (χ0n) is 16.2. The number of carbonyl (C=O) groups is 3. The van der Waals surface area contributed by atoms with Gasteiger partial charge in [-0.2, -0.15) is 0 Å². The van der Waals surface area contributed by atoms with E-state index < -0.39 is 29.9 Å². The van der Waals surface area contributed by atoms with Crippen molar-refractivity contribution in [3.63, 3.8) is 0 Å². The fraction of sp³-hybridized carbons (Fsp3) is 0.286. The second-order valence-electron chi connectivity index (χ2n) is 6.75. The first-order valence-corrected chi connectivity index (χ1v) is 9.77. The van der Waals surface area contributed by atoms with E-state index in [0.29, 0.717) is 10.7 Å². The minimum Gasteiger partial charge on any atom is -0.451 e. The molecule has 2 rings (SSSR count). The molecule has 0 aliphatic rings. The molecule has 0 spiro atoms. The van der Waals surface area contributed by atoms with Gasteiger partial charge in [-0.25, -0.2) is 4.79 Å².